The van der Waals surface area contributed by atoms with E-state index in [2.05, 4.69) is 42.7 Å². The van der Waals surface area contributed by atoms with Crippen molar-refractivity contribution in [3.63, 3.8) is 0 Å². The van der Waals surface area contributed by atoms with Crippen LogP contribution in [-0.2, 0) is 11.2 Å². The van der Waals surface area contributed by atoms with Gasteiger partial charge < -0.3 is 10.6 Å². The van der Waals surface area contributed by atoms with Crippen LogP contribution in [0, 0.1) is 6.92 Å². The Hall–Kier alpha value is -1.35. The van der Waals surface area contributed by atoms with Gasteiger partial charge in [0.2, 0.25) is 5.91 Å². The number of hydrogen-bond acceptors (Lipinski definition) is 2. The van der Waals surface area contributed by atoms with Crippen molar-refractivity contribution in [2.45, 2.75) is 58.0 Å². The van der Waals surface area contributed by atoms with Gasteiger partial charge in [0.1, 0.15) is 0 Å². The van der Waals surface area contributed by atoms with E-state index in [-0.39, 0.29) is 11.9 Å². The number of carbonyl (C=O) groups is 1. The third kappa shape index (κ3) is 4.64. The van der Waals surface area contributed by atoms with Crippen LogP contribution in [0.1, 0.15) is 43.7 Å². The van der Waals surface area contributed by atoms with Crippen molar-refractivity contribution in [1.29, 1.82) is 0 Å². The minimum absolute atomic E-state index is 0.109. The van der Waals surface area contributed by atoms with Crippen molar-refractivity contribution in [3.8, 4) is 0 Å². The molecule has 20 heavy (non-hydrogen) atoms. The molecule has 0 aliphatic heterocycles. The molecular formula is C17H26N2O. The Morgan fingerprint density at radius 3 is 2.70 bits per heavy atom. The van der Waals surface area contributed by atoms with Crippen LogP contribution in [-0.4, -0.2) is 24.5 Å². The molecule has 1 fully saturated rings. The van der Waals surface area contributed by atoms with Gasteiger partial charge in [-0.05, 0) is 44.2 Å². The molecule has 1 unspecified atom stereocenters. The lowest BCUT2D eigenvalue weighted by Crippen LogP contribution is -2.42. The third-order valence-electron chi connectivity index (χ3n) is 4.10. The van der Waals surface area contributed by atoms with Crippen molar-refractivity contribution in [2.24, 2.45) is 0 Å². The van der Waals surface area contributed by atoms with E-state index < -0.39 is 0 Å². The minimum atomic E-state index is 0.109. The van der Waals surface area contributed by atoms with E-state index in [1.165, 1.54) is 36.8 Å². The van der Waals surface area contributed by atoms with E-state index in [1.807, 2.05) is 6.07 Å². The second kappa shape index (κ2) is 7.44. The third-order valence-corrected chi connectivity index (χ3v) is 4.10. The van der Waals surface area contributed by atoms with Crippen molar-refractivity contribution >= 4 is 5.91 Å². The summed E-state index contributed by atoms with van der Waals surface area (Å²) in [6.45, 7) is 4.63. The van der Waals surface area contributed by atoms with Gasteiger partial charge in [0.05, 0.1) is 6.54 Å². The first-order valence-corrected chi connectivity index (χ1v) is 7.72. The molecular weight excluding hydrogens is 248 g/mol. The molecule has 1 aliphatic rings. The Kier molecular flexibility index (Phi) is 5.60. The van der Waals surface area contributed by atoms with E-state index in [0.29, 0.717) is 12.6 Å². The number of nitrogens with one attached hydrogen (secondary N) is 2. The first-order chi connectivity index (χ1) is 9.65. The maximum Gasteiger partial charge on any atom is 0.234 e. The number of amides is 1. The van der Waals surface area contributed by atoms with Gasteiger partial charge in [0.15, 0.2) is 0 Å². The second-order valence-corrected chi connectivity index (χ2v) is 5.96. The second-order valence-electron chi connectivity index (χ2n) is 5.96. The van der Waals surface area contributed by atoms with Crippen LogP contribution in [0.2, 0.25) is 0 Å². The molecule has 110 valence electrons. The number of carbonyl (C=O) groups excluding carboxylic acids is 1. The summed E-state index contributed by atoms with van der Waals surface area (Å²) in [4.78, 5) is 11.9. The van der Waals surface area contributed by atoms with Crippen LogP contribution in [0.25, 0.3) is 0 Å². The maximum absolute atomic E-state index is 11.9. The van der Waals surface area contributed by atoms with Crippen LogP contribution >= 0.6 is 0 Å². The molecule has 2 rings (SSSR count). The standard InChI is InChI=1S/C17H26N2O/c1-13-7-3-4-8-15(13)11-14(2)19-17(20)12-18-16-9-5-6-10-16/h3-4,7-8,14,16,18H,5-6,9-12H2,1-2H3,(H,19,20). The van der Waals surface area contributed by atoms with Crippen LogP contribution in [0.5, 0.6) is 0 Å². The van der Waals surface area contributed by atoms with Crippen molar-refractivity contribution in [1.82, 2.24) is 10.6 Å². The highest BCUT2D eigenvalue weighted by molar-refractivity contribution is 5.78. The van der Waals surface area contributed by atoms with E-state index in [1.54, 1.807) is 0 Å². The molecule has 3 nitrogen and oxygen atoms in total. The number of hydrogen-bond donors (Lipinski definition) is 2. The van der Waals surface area contributed by atoms with Gasteiger partial charge in [-0.1, -0.05) is 37.1 Å². The summed E-state index contributed by atoms with van der Waals surface area (Å²) in [7, 11) is 0. The van der Waals surface area contributed by atoms with Gasteiger partial charge in [-0.2, -0.15) is 0 Å². The predicted octanol–water partition coefficient (Wildman–Crippen LogP) is 2.57. The summed E-state index contributed by atoms with van der Waals surface area (Å²) in [5.41, 5.74) is 2.60. The average molecular weight is 274 g/mol. The first-order valence-electron chi connectivity index (χ1n) is 7.72. The molecule has 0 radical (unpaired) electrons. The lowest BCUT2D eigenvalue weighted by atomic mass is 10.0. The fourth-order valence-electron chi connectivity index (χ4n) is 2.91. The van der Waals surface area contributed by atoms with E-state index >= 15 is 0 Å². The molecule has 0 aromatic heterocycles. The molecule has 0 saturated heterocycles. The van der Waals surface area contributed by atoms with Crippen LogP contribution < -0.4 is 10.6 Å². The van der Waals surface area contributed by atoms with Gasteiger partial charge >= 0.3 is 0 Å². The summed E-state index contributed by atoms with van der Waals surface area (Å²) in [6.07, 6.45) is 5.91. The fraction of sp³-hybridized carbons (Fsp3) is 0.588. The van der Waals surface area contributed by atoms with Gasteiger partial charge in [0.25, 0.3) is 0 Å². The normalized spacial score (nSPS) is 17.1. The molecule has 1 amide bonds. The fourth-order valence-corrected chi connectivity index (χ4v) is 2.91. The Morgan fingerprint density at radius 1 is 1.30 bits per heavy atom. The minimum Gasteiger partial charge on any atom is -0.352 e. The zero-order valence-electron chi connectivity index (χ0n) is 12.6. The first kappa shape index (κ1) is 15.0. The van der Waals surface area contributed by atoms with Crippen LogP contribution in [0.15, 0.2) is 24.3 Å². The Balaban J connectivity index is 1.72. The van der Waals surface area contributed by atoms with Crippen molar-refractivity contribution in [2.75, 3.05) is 6.54 Å². The van der Waals surface area contributed by atoms with Crippen molar-refractivity contribution < 1.29 is 4.79 Å². The lowest BCUT2D eigenvalue weighted by molar-refractivity contribution is -0.120. The van der Waals surface area contributed by atoms with E-state index in [9.17, 15) is 4.79 Å². The molecule has 0 spiro atoms. The molecule has 3 heteroatoms. The van der Waals surface area contributed by atoms with Crippen molar-refractivity contribution in [3.05, 3.63) is 35.4 Å². The van der Waals surface area contributed by atoms with Gasteiger partial charge in [-0.25, -0.2) is 0 Å². The summed E-state index contributed by atoms with van der Waals surface area (Å²) in [6, 6.07) is 9.08. The molecule has 0 heterocycles. The van der Waals surface area contributed by atoms with E-state index in [0.717, 1.165) is 6.42 Å². The molecule has 2 N–H and O–H groups in total. The largest absolute Gasteiger partial charge is 0.352 e. The zero-order chi connectivity index (χ0) is 14.4. The van der Waals surface area contributed by atoms with Crippen LogP contribution in [0.4, 0.5) is 0 Å². The monoisotopic (exact) mass is 274 g/mol. The smallest absolute Gasteiger partial charge is 0.234 e. The molecule has 1 aliphatic carbocycles. The Labute approximate surface area is 122 Å². The highest BCUT2D eigenvalue weighted by Gasteiger charge is 2.16. The molecule has 1 aromatic carbocycles. The SMILES string of the molecule is Cc1ccccc1CC(C)NC(=O)CNC1CCCC1. The zero-order valence-corrected chi connectivity index (χ0v) is 12.6. The quantitative estimate of drug-likeness (QED) is 0.837. The summed E-state index contributed by atoms with van der Waals surface area (Å²) in [5.74, 6) is 0.109. The molecule has 0 bridgehead atoms. The van der Waals surface area contributed by atoms with E-state index in [4.69, 9.17) is 0 Å². The number of rotatable bonds is 6. The maximum atomic E-state index is 11.9. The summed E-state index contributed by atoms with van der Waals surface area (Å²) < 4.78 is 0. The Morgan fingerprint density at radius 2 is 2.00 bits per heavy atom. The van der Waals surface area contributed by atoms with Gasteiger partial charge in [0, 0.05) is 12.1 Å². The lowest BCUT2D eigenvalue weighted by Gasteiger charge is -2.17. The predicted molar refractivity (Wildman–Crippen MR) is 82.7 cm³/mol. The molecule has 1 aromatic rings. The van der Waals surface area contributed by atoms with Crippen LogP contribution in [0.3, 0.4) is 0 Å². The number of benzene rings is 1. The topological polar surface area (TPSA) is 41.1 Å². The molecule has 1 saturated carbocycles. The van der Waals surface area contributed by atoms with Gasteiger partial charge in [-0.15, -0.1) is 0 Å². The van der Waals surface area contributed by atoms with Gasteiger partial charge in [-0.3, -0.25) is 4.79 Å². The highest BCUT2D eigenvalue weighted by atomic mass is 16.1. The average Bonchev–Trinajstić information content (AvgIpc) is 2.92. The Bertz CT molecular complexity index is 438. The number of aryl methyl sites for hydroxylation is 1. The molecule has 1 atom stereocenters. The summed E-state index contributed by atoms with van der Waals surface area (Å²) in [5, 5.41) is 6.43. The highest BCUT2D eigenvalue weighted by Crippen LogP contribution is 2.17. The summed E-state index contributed by atoms with van der Waals surface area (Å²) >= 11 is 0.